The van der Waals surface area contributed by atoms with Gasteiger partial charge in [-0.1, -0.05) is 43.6 Å². The molecule has 21 heavy (non-hydrogen) atoms. The molecule has 0 aliphatic carbocycles. The second kappa shape index (κ2) is 5.53. The van der Waals surface area contributed by atoms with Crippen molar-refractivity contribution in [1.29, 1.82) is 0 Å². The summed E-state index contributed by atoms with van der Waals surface area (Å²) in [6, 6.07) is 7.70. The maximum atomic E-state index is 12.5. The molecule has 0 N–H and O–H groups in total. The molecule has 1 aliphatic rings. The third kappa shape index (κ3) is 3.91. The van der Waals surface area contributed by atoms with Gasteiger partial charge < -0.3 is 9.64 Å². The molecule has 4 heteroatoms. The molecule has 0 radical (unpaired) electrons. The lowest BCUT2D eigenvalue weighted by Crippen LogP contribution is -2.37. The van der Waals surface area contributed by atoms with Crippen molar-refractivity contribution in [2.45, 2.75) is 52.7 Å². The zero-order valence-electron chi connectivity index (χ0n) is 13.4. The SMILES string of the molecule is CC1(C)CC(c2ccccc2Cl)N(C(=O)OC(C)(C)C)C1. The number of hydrogen-bond acceptors (Lipinski definition) is 2. The first kappa shape index (κ1) is 16.2. The molecule has 1 heterocycles. The van der Waals surface area contributed by atoms with Crippen LogP contribution in [0.4, 0.5) is 4.79 Å². The summed E-state index contributed by atoms with van der Waals surface area (Å²) in [6.45, 7) is 10.7. The number of halogens is 1. The molecule has 2 rings (SSSR count). The maximum absolute atomic E-state index is 12.5. The molecule has 1 amide bonds. The van der Waals surface area contributed by atoms with Crippen LogP contribution in [0.5, 0.6) is 0 Å². The van der Waals surface area contributed by atoms with E-state index in [1.807, 2.05) is 49.9 Å². The highest BCUT2D eigenvalue weighted by atomic mass is 35.5. The molecule has 1 unspecified atom stereocenters. The van der Waals surface area contributed by atoms with E-state index < -0.39 is 5.60 Å². The fourth-order valence-corrected chi connectivity index (χ4v) is 3.07. The van der Waals surface area contributed by atoms with E-state index in [-0.39, 0.29) is 17.6 Å². The smallest absolute Gasteiger partial charge is 0.410 e. The molecule has 0 aromatic heterocycles. The van der Waals surface area contributed by atoms with Gasteiger partial charge in [-0.3, -0.25) is 0 Å². The van der Waals surface area contributed by atoms with Crippen LogP contribution in [0.3, 0.4) is 0 Å². The Balaban J connectivity index is 2.30. The Hall–Kier alpha value is -1.22. The Morgan fingerprint density at radius 3 is 2.52 bits per heavy atom. The van der Waals surface area contributed by atoms with Crippen molar-refractivity contribution in [3.8, 4) is 0 Å². The van der Waals surface area contributed by atoms with E-state index in [0.717, 1.165) is 12.0 Å². The number of amides is 1. The molecule has 3 nitrogen and oxygen atoms in total. The third-order valence-corrected chi connectivity index (χ3v) is 3.96. The van der Waals surface area contributed by atoms with Crippen molar-refractivity contribution in [1.82, 2.24) is 4.90 Å². The summed E-state index contributed by atoms with van der Waals surface area (Å²) in [4.78, 5) is 14.3. The quantitative estimate of drug-likeness (QED) is 0.726. The summed E-state index contributed by atoms with van der Waals surface area (Å²) in [5.41, 5.74) is 0.561. The van der Waals surface area contributed by atoms with E-state index in [1.54, 1.807) is 0 Å². The van der Waals surface area contributed by atoms with E-state index in [4.69, 9.17) is 16.3 Å². The van der Waals surface area contributed by atoms with Gasteiger partial charge in [0.1, 0.15) is 5.60 Å². The molecule has 116 valence electrons. The Morgan fingerprint density at radius 1 is 1.33 bits per heavy atom. The molecule has 1 aromatic carbocycles. The summed E-state index contributed by atoms with van der Waals surface area (Å²) in [6.07, 6.45) is 0.619. The van der Waals surface area contributed by atoms with Gasteiger partial charge in [-0.25, -0.2) is 4.79 Å². The van der Waals surface area contributed by atoms with Gasteiger partial charge in [-0.2, -0.15) is 0 Å². The van der Waals surface area contributed by atoms with Crippen molar-refractivity contribution in [2.24, 2.45) is 5.41 Å². The number of ether oxygens (including phenoxy) is 1. The number of nitrogens with zero attached hydrogens (tertiary/aromatic N) is 1. The fraction of sp³-hybridized carbons (Fsp3) is 0.588. The van der Waals surface area contributed by atoms with Crippen molar-refractivity contribution in [2.75, 3.05) is 6.54 Å². The van der Waals surface area contributed by atoms with Crippen LogP contribution in [-0.4, -0.2) is 23.1 Å². The molecule has 0 bridgehead atoms. The van der Waals surface area contributed by atoms with E-state index >= 15 is 0 Å². The molecule has 1 fully saturated rings. The molecule has 0 saturated carbocycles. The van der Waals surface area contributed by atoms with E-state index in [2.05, 4.69) is 13.8 Å². The lowest BCUT2D eigenvalue weighted by molar-refractivity contribution is 0.0212. The van der Waals surface area contributed by atoms with Crippen molar-refractivity contribution in [3.63, 3.8) is 0 Å². The molecule has 1 saturated heterocycles. The zero-order chi connectivity index (χ0) is 15.8. The van der Waals surface area contributed by atoms with Gasteiger partial charge in [0.15, 0.2) is 0 Å². The van der Waals surface area contributed by atoms with Gasteiger partial charge in [0.05, 0.1) is 6.04 Å². The Labute approximate surface area is 132 Å². The molecule has 1 aliphatic heterocycles. The largest absolute Gasteiger partial charge is 0.444 e. The monoisotopic (exact) mass is 309 g/mol. The van der Waals surface area contributed by atoms with Gasteiger partial charge in [-0.15, -0.1) is 0 Å². The summed E-state index contributed by atoms with van der Waals surface area (Å²) in [5, 5.41) is 0.703. The summed E-state index contributed by atoms with van der Waals surface area (Å²) >= 11 is 6.32. The van der Waals surface area contributed by atoms with Crippen LogP contribution in [0, 0.1) is 5.41 Å². The highest BCUT2D eigenvalue weighted by Crippen LogP contribution is 2.44. The lowest BCUT2D eigenvalue weighted by atomic mass is 9.89. The first-order valence-corrected chi connectivity index (χ1v) is 7.71. The van der Waals surface area contributed by atoms with E-state index in [9.17, 15) is 4.79 Å². The molecule has 1 aromatic rings. The molecular formula is C17H24ClNO2. The van der Waals surface area contributed by atoms with Crippen LogP contribution in [0.2, 0.25) is 5.02 Å². The third-order valence-electron chi connectivity index (χ3n) is 3.61. The fourth-order valence-electron chi connectivity index (χ4n) is 2.81. The van der Waals surface area contributed by atoms with Gasteiger partial charge >= 0.3 is 6.09 Å². The summed E-state index contributed by atoms with van der Waals surface area (Å²) in [5.74, 6) is 0. The number of rotatable bonds is 1. The Morgan fingerprint density at radius 2 is 1.95 bits per heavy atom. The highest BCUT2D eigenvalue weighted by molar-refractivity contribution is 6.31. The number of hydrogen-bond donors (Lipinski definition) is 0. The van der Waals surface area contributed by atoms with E-state index in [0.29, 0.717) is 11.6 Å². The van der Waals surface area contributed by atoms with Crippen LogP contribution < -0.4 is 0 Å². The van der Waals surface area contributed by atoms with Crippen molar-refractivity contribution < 1.29 is 9.53 Å². The number of carbonyl (C=O) groups excluding carboxylic acids is 1. The van der Waals surface area contributed by atoms with Crippen LogP contribution >= 0.6 is 11.6 Å². The normalized spacial score (nSPS) is 21.4. The first-order chi connectivity index (χ1) is 9.59. The first-order valence-electron chi connectivity index (χ1n) is 7.33. The summed E-state index contributed by atoms with van der Waals surface area (Å²) < 4.78 is 5.55. The average molecular weight is 310 g/mol. The highest BCUT2D eigenvalue weighted by Gasteiger charge is 2.42. The summed E-state index contributed by atoms with van der Waals surface area (Å²) in [7, 11) is 0. The van der Waals surface area contributed by atoms with Gasteiger partial charge in [0, 0.05) is 11.6 Å². The number of carbonyl (C=O) groups is 1. The topological polar surface area (TPSA) is 29.5 Å². The average Bonchev–Trinajstić information content (AvgIpc) is 2.64. The van der Waals surface area contributed by atoms with Crippen LogP contribution in [-0.2, 0) is 4.74 Å². The molecule has 0 spiro atoms. The minimum absolute atomic E-state index is 0.0245. The molecular weight excluding hydrogens is 286 g/mol. The van der Waals surface area contributed by atoms with Crippen LogP contribution in [0.15, 0.2) is 24.3 Å². The number of benzene rings is 1. The second-order valence-corrected chi connectivity index (χ2v) is 7.92. The molecule has 1 atom stereocenters. The maximum Gasteiger partial charge on any atom is 0.410 e. The zero-order valence-corrected chi connectivity index (χ0v) is 14.2. The standard InChI is InChI=1S/C17H24ClNO2/c1-16(2,3)21-15(20)19-11-17(4,5)10-14(19)12-8-6-7-9-13(12)18/h6-9,14H,10-11H2,1-5H3. The Bertz CT molecular complexity index is 534. The number of likely N-dealkylation sites (tertiary alicyclic amines) is 1. The van der Waals surface area contributed by atoms with Gasteiger partial charge in [0.25, 0.3) is 0 Å². The second-order valence-electron chi connectivity index (χ2n) is 7.51. The van der Waals surface area contributed by atoms with Gasteiger partial charge in [-0.05, 0) is 44.2 Å². The van der Waals surface area contributed by atoms with Crippen LogP contribution in [0.1, 0.15) is 52.6 Å². The van der Waals surface area contributed by atoms with E-state index in [1.165, 1.54) is 0 Å². The predicted molar refractivity (Wildman–Crippen MR) is 85.5 cm³/mol. The lowest BCUT2D eigenvalue weighted by Gasteiger charge is -2.29. The van der Waals surface area contributed by atoms with Crippen molar-refractivity contribution >= 4 is 17.7 Å². The van der Waals surface area contributed by atoms with Gasteiger partial charge in [0.2, 0.25) is 0 Å². The minimum Gasteiger partial charge on any atom is -0.444 e. The van der Waals surface area contributed by atoms with Crippen LogP contribution in [0.25, 0.3) is 0 Å². The Kier molecular flexibility index (Phi) is 4.25. The minimum atomic E-state index is -0.491. The predicted octanol–water partition coefficient (Wildman–Crippen LogP) is 5.05. The van der Waals surface area contributed by atoms with Crippen molar-refractivity contribution in [3.05, 3.63) is 34.9 Å².